The predicted molar refractivity (Wildman–Crippen MR) is 72.3 cm³/mol. The molecular formula is C13H24N4. The Morgan fingerprint density at radius 1 is 1.35 bits per heavy atom. The number of hydrogen-bond donors (Lipinski definition) is 1. The summed E-state index contributed by atoms with van der Waals surface area (Å²) in [6, 6.07) is 2.62. The summed E-state index contributed by atoms with van der Waals surface area (Å²) in [5.74, 6) is 0.931. The molecule has 0 radical (unpaired) electrons. The van der Waals surface area contributed by atoms with Gasteiger partial charge in [-0.2, -0.15) is 0 Å². The van der Waals surface area contributed by atoms with Crippen LogP contribution in [0, 0.1) is 0 Å². The number of nitrogens with zero attached hydrogens (tertiary/aromatic N) is 3. The first kappa shape index (κ1) is 13.9. The van der Waals surface area contributed by atoms with Crippen molar-refractivity contribution >= 4 is 5.82 Å². The molecule has 1 aromatic rings. The van der Waals surface area contributed by atoms with Crippen LogP contribution in [0.2, 0.25) is 0 Å². The first-order valence-corrected chi connectivity index (χ1v) is 6.38. The Labute approximate surface area is 104 Å². The van der Waals surface area contributed by atoms with Crippen molar-refractivity contribution in [3.63, 3.8) is 0 Å². The molecule has 0 spiro atoms. The van der Waals surface area contributed by atoms with Gasteiger partial charge in [0.15, 0.2) is 0 Å². The van der Waals surface area contributed by atoms with Gasteiger partial charge in [0.25, 0.3) is 0 Å². The Morgan fingerprint density at radius 2 is 2.12 bits per heavy atom. The highest BCUT2D eigenvalue weighted by Gasteiger charge is 2.02. The van der Waals surface area contributed by atoms with Gasteiger partial charge >= 0.3 is 0 Å². The van der Waals surface area contributed by atoms with Gasteiger partial charge in [0.2, 0.25) is 0 Å². The molecule has 0 saturated heterocycles. The lowest BCUT2D eigenvalue weighted by molar-refractivity contribution is 0.284. The average Bonchev–Trinajstić information content (AvgIpc) is 2.29. The molecule has 4 heteroatoms. The van der Waals surface area contributed by atoms with Crippen LogP contribution in [-0.4, -0.2) is 41.0 Å². The third kappa shape index (κ3) is 5.13. The SMILES string of the molecule is CCCc1cc(NCCN(C)C(C)C)ncn1. The summed E-state index contributed by atoms with van der Waals surface area (Å²) in [5, 5.41) is 3.34. The van der Waals surface area contributed by atoms with E-state index in [4.69, 9.17) is 0 Å². The number of anilines is 1. The molecule has 0 aromatic carbocycles. The van der Waals surface area contributed by atoms with E-state index in [1.807, 2.05) is 6.07 Å². The average molecular weight is 236 g/mol. The van der Waals surface area contributed by atoms with Gasteiger partial charge in [-0.25, -0.2) is 9.97 Å². The normalized spacial score (nSPS) is 11.2. The molecule has 0 bridgehead atoms. The van der Waals surface area contributed by atoms with E-state index in [2.05, 4.69) is 48.0 Å². The Morgan fingerprint density at radius 3 is 2.76 bits per heavy atom. The third-order valence-corrected chi connectivity index (χ3v) is 2.88. The number of hydrogen-bond acceptors (Lipinski definition) is 4. The molecular weight excluding hydrogens is 212 g/mol. The van der Waals surface area contributed by atoms with E-state index in [0.29, 0.717) is 6.04 Å². The van der Waals surface area contributed by atoms with Gasteiger partial charge < -0.3 is 10.2 Å². The van der Waals surface area contributed by atoms with Crippen molar-refractivity contribution in [2.45, 2.75) is 39.7 Å². The van der Waals surface area contributed by atoms with Crippen LogP contribution < -0.4 is 5.32 Å². The van der Waals surface area contributed by atoms with Crippen molar-refractivity contribution in [3.05, 3.63) is 18.1 Å². The molecule has 0 aliphatic rings. The fourth-order valence-corrected chi connectivity index (χ4v) is 1.51. The maximum atomic E-state index is 4.24. The molecule has 0 aliphatic carbocycles. The van der Waals surface area contributed by atoms with Gasteiger partial charge in [0.05, 0.1) is 0 Å². The van der Waals surface area contributed by atoms with Gasteiger partial charge in [0.1, 0.15) is 12.1 Å². The van der Waals surface area contributed by atoms with Gasteiger partial charge in [-0.05, 0) is 27.3 Å². The second-order valence-electron chi connectivity index (χ2n) is 4.65. The zero-order valence-electron chi connectivity index (χ0n) is 11.4. The van der Waals surface area contributed by atoms with E-state index < -0.39 is 0 Å². The van der Waals surface area contributed by atoms with E-state index in [1.165, 1.54) is 0 Å². The minimum Gasteiger partial charge on any atom is -0.369 e. The summed E-state index contributed by atoms with van der Waals surface area (Å²) in [6.45, 7) is 8.49. The fourth-order valence-electron chi connectivity index (χ4n) is 1.51. The van der Waals surface area contributed by atoms with Gasteiger partial charge in [-0.3, -0.25) is 0 Å². The molecule has 0 fully saturated rings. The quantitative estimate of drug-likeness (QED) is 0.788. The minimum absolute atomic E-state index is 0.581. The Hall–Kier alpha value is -1.16. The van der Waals surface area contributed by atoms with Crippen LogP contribution in [0.1, 0.15) is 32.9 Å². The lowest BCUT2D eigenvalue weighted by Crippen LogP contribution is -2.31. The molecule has 0 unspecified atom stereocenters. The van der Waals surface area contributed by atoms with Crippen molar-refractivity contribution in [1.29, 1.82) is 0 Å². The summed E-state index contributed by atoms with van der Waals surface area (Å²) in [5.41, 5.74) is 1.11. The van der Waals surface area contributed by atoms with Crippen LogP contribution in [0.5, 0.6) is 0 Å². The molecule has 0 saturated carbocycles. The van der Waals surface area contributed by atoms with Crippen LogP contribution >= 0.6 is 0 Å². The van der Waals surface area contributed by atoms with E-state index in [-0.39, 0.29) is 0 Å². The maximum absolute atomic E-state index is 4.24. The second kappa shape index (κ2) is 7.22. The minimum atomic E-state index is 0.581. The lowest BCUT2D eigenvalue weighted by atomic mass is 10.2. The van der Waals surface area contributed by atoms with E-state index in [1.54, 1.807) is 6.33 Å². The van der Waals surface area contributed by atoms with Crippen molar-refractivity contribution in [1.82, 2.24) is 14.9 Å². The summed E-state index contributed by atoms with van der Waals surface area (Å²) in [4.78, 5) is 10.8. The predicted octanol–water partition coefficient (Wildman–Crippen LogP) is 2.18. The molecule has 1 heterocycles. The van der Waals surface area contributed by atoms with Crippen LogP contribution in [-0.2, 0) is 6.42 Å². The smallest absolute Gasteiger partial charge is 0.129 e. The Balaban J connectivity index is 2.38. The van der Waals surface area contributed by atoms with Crippen LogP contribution in [0.25, 0.3) is 0 Å². The molecule has 1 N–H and O–H groups in total. The molecule has 0 atom stereocenters. The summed E-state index contributed by atoms with van der Waals surface area (Å²) in [6.07, 6.45) is 3.77. The molecule has 17 heavy (non-hydrogen) atoms. The highest BCUT2D eigenvalue weighted by Crippen LogP contribution is 2.05. The van der Waals surface area contributed by atoms with E-state index in [0.717, 1.165) is 37.4 Å². The van der Waals surface area contributed by atoms with Crippen molar-refractivity contribution in [2.75, 3.05) is 25.5 Å². The number of nitrogens with one attached hydrogen (secondary N) is 1. The fraction of sp³-hybridized carbons (Fsp3) is 0.692. The van der Waals surface area contributed by atoms with Crippen LogP contribution in [0.4, 0.5) is 5.82 Å². The standard InChI is InChI=1S/C13H24N4/c1-5-6-12-9-13(16-10-15-12)14-7-8-17(4)11(2)3/h9-11H,5-8H2,1-4H3,(H,14,15,16). The Kier molecular flexibility index (Phi) is 5.91. The molecule has 0 amide bonds. The highest BCUT2D eigenvalue weighted by atomic mass is 15.1. The van der Waals surface area contributed by atoms with Gasteiger partial charge in [-0.1, -0.05) is 13.3 Å². The number of aryl methyl sites for hydroxylation is 1. The molecule has 1 aromatic heterocycles. The van der Waals surface area contributed by atoms with Crippen molar-refractivity contribution in [3.8, 4) is 0 Å². The van der Waals surface area contributed by atoms with Crippen LogP contribution in [0.3, 0.4) is 0 Å². The molecule has 0 aliphatic heterocycles. The largest absolute Gasteiger partial charge is 0.369 e. The topological polar surface area (TPSA) is 41.0 Å². The van der Waals surface area contributed by atoms with Crippen LogP contribution in [0.15, 0.2) is 12.4 Å². The highest BCUT2D eigenvalue weighted by molar-refractivity contribution is 5.34. The lowest BCUT2D eigenvalue weighted by Gasteiger charge is -2.21. The van der Waals surface area contributed by atoms with Gasteiger partial charge in [0, 0.05) is 30.9 Å². The number of aromatic nitrogens is 2. The second-order valence-corrected chi connectivity index (χ2v) is 4.65. The summed E-state index contributed by atoms with van der Waals surface area (Å²) in [7, 11) is 2.13. The first-order valence-electron chi connectivity index (χ1n) is 6.38. The van der Waals surface area contributed by atoms with Crippen molar-refractivity contribution < 1.29 is 0 Å². The Bertz CT molecular complexity index is 325. The zero-order valence-corrected chi connectivity index (χ0v) is 11.4. The number of likely N-dealkylation sites (N-methyl/N-ethyl adjacent to an activating group) is 1. The van der Waals surface area contributed by atoms with E-state index >= 15 is 0 Å². The first-order chi connectivity index (χ1) is 8.13. The molecule has 1 rings (SSSR count). The molecule has 4 nitrogen and oxygen atoms in total. The molecule has 96 valence electrons. The number of rotatable bonds is 7. The summed E-state index contributed by atoms with van der Waals surface area (Å²) < 4.78 is 0. The summed E-state index contributed by atoms with van der Waals surface area (Å²) >= 11 is 0. The third-order valence-electron chi connectivity index (χ3n) is 2.88. The monoisotopic (exact) mass is 236 g/mol. The van der Waals surface area contributed by atoms with Gasteiger partial charge in [-0.15, -0.1) is 0 Å². The van der Waals surface area contributed by atoms with Crippen molar-refractivity contribution in [2.24, 2.45) is 0 Å². The zero-order chi connectivity index (χ0) is 12.7. The maximum Gasteiger partial charge on any atom is 0.129 e. The van der Waals surface area contributed by atoms with E-state index in [9.17, 15) is 0 Å².